The molecule has 0 unspecified atom stereocenters. The van der Waals surface area contributed by atoms with E-state index in [-0.39, 0.29) is 18.6 Å². The highest BCUT2D eigenvalue weighted by molar-refractivity contribution is 7.99. The van der Waals surface area contributed by atoms with Crippen molar-refractivity contribution in [3.63, 3.8) is 0 Å². The number of amides is 1. The Morgan fingerprint density at radius 1 is 1.22 bits per heavy atom. The molecule has 0 bridgehead atoms. The molecule has 2 heterocycles. The van der Waals surface area contributed by atoms with Crippen molar-refractivity contribution < 1.29 is 14.3 Å². The predicted octanol–water partition coefficient (Wildman–Crippen LogP) is 2.86. The highest BCUT2D eigenvalue weighted by atomic mass is 32.2. The topological polar surface area (TPSA) is 42.0 Å². The van der Waals surface area contributed by atoms with Crippen LogP contribution >= 0.6 is 11.8 Å². The number of hydrogen-bond donors (Lipinski definition) is 0. The van der Waals surface area contributed by atoms with Crippen molar-refractivity contribution in [2.45, 2.75) is 32.2 Å². The molecule has 2 aliphatic rings. The average molecular weight is 393 g/mol. The van der Waals surface area contributed by atoms with Gasteiger partial charge in [0.05, 0.1) is 19.3 Å². The van der Waals surface area contributed by atoms with E-state index < -0.39 is 0 Å². The van der Waals surface area contributed by atoms with Crippen LogP contribution in [0.3, 0.4) is 0 Å². The molecule has 2 saturated heterocycles. The molecular weight excluding hydrogens is 360 g/mol. The number of hydrogen-bond acceptors (Lipinski definition) is 5. The summed E-state index contributed by atoms with van der Waals surface area (Å²) < 4.78 is 11.3. The summed E-state index contributed by atoms with van der Waals surface area (Å²) in [7, 11) is 0. The second kappa shape index (κ2) is 10.3. The number of morpholine rings is 1. The second-order valence-corrected chi connectivity index (χ2v) is 8.74. The van der Waals surface area contributed by atoms with E-state index in [1.54, 1.807) is 0 Å². The van der Waals surface area contributed by atoms with Gasteiger partial charge in [-0.05, 0) is 35.8 Å². The van der Waals surface area contributed by atoms with Crippen LogP contribution < -0.4 is 4.74 Å². The van der Waals surface area contributed by atoms with Gasteiger partial charge in [0.1, 0.15) is 5.75 Å². The van der Waals surface area contributed by atoms with Gasteiger partial charge in [0.15, 0.2) is 6.61 Å². The van der Waals surface area contributed by atoms with Crippen molar-refractivity contribution in [3.05, 3.63) is 29.8 Å². The molecule has 0 saturated carbocycles. The molecule has 6 heteroatoms. The van der Waals surface area contributed by atoms with E-state index in [4.69, 9.17) is 9.47 Å². The summed E-state index contributed by atoms with van der Waals surface area (Å²) in [4.78, 5) is 17.4. The number of ether oxygens (including phenoxy) is 2. The molecule has 27 heavy (non-hydrogen) atoms. The lowest BCUT2D eigenvalue weighted by molar-refractivity contribution is -0.135. The first-order valence-corrected chi connectivity index (χ1v) is 11.2. The lowest BCUT2D eigenvalue weighted by atomic mass is 10.0. The number of carbonyl (C=O) groups is 1. The average Bonchev–Trinajstić information content (AvgIpc) is 2.93. The van der Waals surface area contributed by atoms with Crippen LogP contribution in [-0.4, -0.2) is 79.3 Å². The molecule has 5 nitrogen and oxygen atoms in total. The first-order valence-electron chi connectivity index (χ1n) is 10.0. The minimum absolute atomic E-state index is 0.101. The molecule has 0 N–H and O–H groups in total. The van der Waals surface area contributed by atoms with Crippen LogP contribution in [-0.2, 0) is 9.53 Å². The number of rotatable bonds is 6. The molecule has 0 aliphatic carbocycles. The summed E-state index contributed by atoms with van der Waals surface area (Å²) in [6, 6.07) is 8.34. The smallest absolute Gasteiger partial charge is 0.260 e. The highest BCUT2D eigenvalue weighted by Crippen LogP contribution is 2.20. The Kier molecular flexibility index (Phi) is 7.85. The second-order valence-electron chi connectivity index (χ2n) is 7.59. The molecule has 0 spiro atoms. The Hall–Kier alpha value is -1.24. The van der Waals surface area contributed by atoms with Crippen LogP contribution in [0.5, 0.6) is 5.75 Å². The van der Waals surface area contributed by atoms with Crippen molar-refractivity contribution >= 4 is 17.7 Å². The van der Waals surface area contributed by atoms with Crippen LogP contribution in [0, 0.1) is 0 Å². The normalized spacial score (nSPS) is 21.9. The standard InChI is InChI=1S/C21H32N2O3S/c1-17(2)18-4-6-20(7-5-18)26-15-21(24)23-8-3-13-27-16-19(23)14-22-9-11-25-12-10-22/h4-7,17,19H,3,8-16H2,1-2H3/t19-/m0/s1. The molecule has 1 amide bonds. The minimum atomic E-state index is 0.101. The molecule has 1 aromatic rings. The van der Waals surface area contributed by atoms with Gasteiger partial charge in [0.2, 0.25) is 0 Å². The maximum Gasteiger partial charge on any atom is 0.260 e. The van der Waals surface area contributed by atoms with Gasteiger partial charge in [-0.25, -0.2) is 0 Å². The van der Waals surface area contributed by atoms with Gasteiger partial charge in [0, 0.05) is 31.9 Å². The summed E-state index contributed by atoms with van der Waals surface area (Å²) in [5.74, 6) is 3.49. The third kappa shape index (κ3) is 6.13. The summed E-state index contributed by atoms with van der Waals surface area (Å²) in [6.07, 6.45) is 1.05. The number of thioether (sulfide) groups is 1. The molecule has 1 aromatic carbocycles. The van der Waals surface area contributed by atoms with Crippen LogP contribution in [0.1, 0.15) is 31.7 Å². The first kappa shape index (κ1) is 20.5. The van der Waals surface area contributed by atoms with Crippen LogP contribution in [0.2, 0.25) is 0 Å². The van der Waals surface area contributed by atoms with Crippen molar-refractivity contribution in [1.82, 2.24) is 9.80 Å². The van der Waals surface area contributed by atoms with Gasteiger partial charge < -0.3 is 14.4 Å². The van der Waals surface area contributed by atoms with Gasteiger partial charge in [-0.15, -0.1) is 0 Å². The zero-order valence-electron chi connectivity index (χ0n) is 16.6. The highest BCUT2D eigenvalue weighted by Gasteiger charge is 2.28. The van der Waals surface area contributed by atoms with Crippen molar-refractivity contribution in [2.75, 3.05) is 57.5 Å². The molecular formula is C21H32N2O3S. The molecule has 2 fully saturated rings. The maximum atomic E-state index is 12.9. The van der Waals surface area contributed by atoms with E-state index >= 15 is 0 Å². The van der Waals surface area contributed by atoms with Gasteiger partial charge in [0.25, 0.3) is 5.91 Å². The molecule has 0 radical (unpaired) electrons. The van der Waals surface area contributed by atoms with Crippen molar-refractivity contribution in [1.29, 1.82) is 0 Å². The van der Waals surface area contributed by atoms with Gasteiger partial charge in [-0.1, -0.05) is 26.0 Å². The van der Waals surface area contributed by atoms with E-state index in [2.05, 4.69) is 35.8 Å². The van der Waals surface area contributed by atoms with E-state index in [1.165, 1.54) is 5.56 Å². The fourth-order valence-electron chi connectivity index (χ4n) is 3.57. The maximum absolute atomic E-state index is 12.9. The van der Waals surface area contributed by atoms with Crippen molar-refractivity contribution in [2.24, 2.45) is 0 Å². The zero-order valence-corrected chi connectivity index (χ0v) is 17.4. The fourth-order valence-corrected chi connectivity index (χ4v) is 4.62. The Bertz CT molecular complexity index is 588. The lowest BCUT2D eigenvalue weighted by Gasteiger charge is -2.35. The first-order chi connectivity index (χ1) is 13.1. The van der Waals surface area contributed by atoms with Gasteiger partial charge in [-0.3, -0.25) is 9.69 Å². The zero-order chi connectivity index (χ0) is 19.1. The monoisotopic (exact) mass is 392 g/mol. The summed E-state index contributed by atoms with van der Waals surface area (Å²) in [6.45, 7) is 9.74. The van der Waals surface area contributed by atoms with Crippen molar-refractivity contribution in [3.8, 4) is 5.75 Å². The minimum Gasteiger partial charge on any atom is -0.484 e. The Morgan fingerprint density at radius 3 is 2.67 bits per heavy atom. The Morgan fingerprint density at radius 2 is 1.96 bits per heavy atom. The quantitative estimate of drug-likeness (QED) is 0.745. The number of carbonyl (C=O) groups excluding carboxylic acids is 1. The summed E-state index contributed by atoms with van der Waals surface area (Å²) >= 11 is 1.96. The summed E-state index contributed by atoms with van der Waals surface area (Å²) in [5, 5.41) is 0. The van der Waals surface area contributed by atoms with Crippen LogP contribution in [0.25, 0.3) is 0 Å². The molecule has 150 valence electrons. The third-order valence-corrected chi connectivity index (χ3v) is 6.44. The predicted molar refractivity (Wildman–Crippen MR) is 111 cm³/mol. The largest absolute Gasteiger partial charge is 0.484 e. The third-order valence-electron chi connectivity index (χ3n) is 5.24. The van der Waals surface area contributed by atoms with E-state index in [9.17, 15) is 4.79 Å². The summed E-state index contributed by atoms with van der Waals surface area (Å²) in [5.41, 5.74) is 1.28. The number of benzene rings is 1. The number of nitrogens with zero attached hydrogens (tertiary/aromatic N) is 2. The van der Waals surface area contributed by atoms with Crippen LogP contribution in [0.15, 0.2) is 24.3 Å². The molecule has 2 aliphatic heterocycles. The van der Waals surface area contributed by atoms with Gasteiger partial charge in [-0.2, -0.15) is 11.8 Å². The van der Waals surface area contributed by atoms with E-state index in [0.29, 0.717) is 5.92 Å². The lowest BCUT2D eigenvalue weighted by Crippen LogP contribution is -2.51. The van der Waals surface area contributed by atoms with E-state index in [0.717, 1.165) is 63.1 Å². The van der Waals surface area contributed by atoms with Gasteiger partial charge >= 0.3 is 0 Å². The SMILES string of the molecule is CC(C)c1ccc(OCC(=O)N2CCCSC[C@@H]2CN2CCOCC2)cc1. The molecule has 3 rings (SSSR count). The fraction of sp³-hybridized carbons (Fsp3) is 0.667. The van der Waals surface area contributed by atoms with E-state index in [1.807, 2.05) is 23.9 Å². The Labute approximate surface area is 167 Å². The Balaban J connectivity index is 1.56. The molecule has 1 atom stereocenters. The van der Waals surface area contributed by atoms with Crippen LogP contribution in [0.4, 0.5) is 0 Å². The molecule has 0 aromatic heterocycles.